The Kier molecular flexibility index (Phi) is 5.61. The summed E-state index contributed by atoms with van der Waals surface area (Å²) in [5.74, 6) is -0.462. The van der Waals surface area contributed by atoms with Crippen molar-refractivity contribution in [1.82, 2.24) is 10.2 Å². The van der Waals surface area contributed by atoms with Gasteiger partial charge in [-0.15, -0.1) is 0 Å². The number of nitrogens with zero attached hydrogens (tertiary/aromatic N) is 1. The molecule has 33 heavy (non-hydrogen) atoms. The molecular weight excluding hydrogens is 413 g/mol. The zero-order valence-electron chi connectivity index (χ0n) is 18.1. The van der Waals surface area contributed by atoms with Gasteiger partial charge in [0.05, 0.1) is 10.9 Å². The minimum absolute atomic E-state index is 0.428. The number of aromatic amines is 1. The zero-order chi connectivity index (χ0) is 22.8. The molecule has 1 heterocycles. The topological polar surface area (TPSA) is 71.8 Å². The number of hydrogen-bond donors (Lipinski definition) is 2. The van der Waals surface area contributed by atoms with E-state index in [9.17, 15) is 9.18 Å². The van der Waals surface area contributed by atoms with Gasteiger partial charge in [0.1, 0.15) is 0 Å². The molecule has 1 fully saturated rings. The Morgan fingerprint density at radius 3 is 2.36 bits per heavy atom. The van der Waals surface area contributed by atoms with Crippen LogP contribution in [0.1, 0.15) is 41.5 Å². The number of carbonyl (C=O) groups is 1. The lowest BCUT2D eigenvalue weighted by atomic mass is 9.73. The molecule has 3 aromatic carbocycles. The molecule has 0 spiro atoms. The molecule has 5 rings (SSSR count). The van der Waals surface area contributed by atoms with E-state index in [0.29, 0.717) is 16.8 Å². The van der Waals surface area contributed by atoms with Crippen molar-refractivity contribution in [2.24, 2.45) is 11.7 Å². The first-order valence-electron chi connectivity index (χ1n) is 11.1. The lowest BCUT2D eigenvalue weighted by molar-refractivity contribution is -0.113. The second-order valence-corrected chi connectivity index (χ2v) is 8.41. The van der Waals surface area contributed by atoms with Gasteiger partial charge in [0.2, 0.25) is 11.9 Å². The summed E-state index contributed by atoms with van der Waals surface area (Å²) in [6.07, 6.45) is 6.53. The number of nitrogens with one attached hydrogen (secondary N) is 1. The molecule has 1 amide bonds. The first kappa shape index (κ1) is 20.9. The molecule has 4 aromatic rings. The number of carbonyl (C=O) groups excluding carboxylic acids is 1. The van der Waals surface area contributed by atoms with Crippen LogP contribution in [0.25, 0.3) is 28.1 Å². The molecule has 0 atom stereocenters. The highest BCUT2D eigenvalue weighted by molar-refractivity contribution is 6.01. The van der Waals surface area contributed by atoms with E-state index in [4.69, 9.17) is 5.73 Å². The number of benzene rings is 3. The summed E-state index contributed by atoms with van der Waals surface area (Å²) in [7, 11) is 0. The van der Waals surface area contributed by atoms with Crippen LogP contribution in [-0.4, -0.2) is 16.1 Å². The average Bonchev–Trinajstić information content (AvgIpc) is 3.17. The molecule has 0 bridgehead atoms. The fourth-order valence-corrected chi connectivity index (χ4v) is 4.45. The Hall–Kier alpha value is -3.99. The number of fused-ring (bicyclic) bond motifs is 1. The molecule has 0 aliphatic heterocycles. The Morgan fingerprint density at radius 1 is 0.970 bits per heavy atom. The highest BCUT2D eigenvalue weighted by atomic mass is 19.1. The Balaban J connectivity index is 1.73. The summed E-state index contributed by atoms with van der Waals surface area (Å²) in [4.78, 5) is 11.1. The minimum atomic E-state index is -0.480. The zero-order valence-corrected chi connectivity index (χ0v) is 18.1. The number of hydrogen-bond acceptors (Lipinski definition) is 2. The van der Waals surface area contributed by atoms with Gasteiger partial charge in [0.15, 0.2) is 0 Å². The van der Waals surface area contributed by atoms with Crippen molar-refractivity contribution in [3.63, 3.8) is 0 Å². The second-order valence-electron chi connectivity index (χ2n) is 8.41. The van der Waals surface area contributed by atoms with Gasteiger partial charge in [0.25, 0.3) is 0 Å². The van der Waals surface area contributed by atoms with Gasteiger partial charge in [-0.25, -0.2) is 0 Å². The first-order valence-corrected chi connectivity index (χ1v) is 11.1. The number of primary amides is 1. The molecule has 1 saturated carbocycles. The number of rotatable bonds is 6. The maximum Gasteiger partial charge on any atom is 0.241 e. The molecule has 0 saturated heterocycles. The smallest absolute Gasteiger partial charge is 0.241 e. The maximum absolute atomic E-state index is 14.4. The van der Waals surface area contributed by atoms with E-state index < -0.39 is 11.9 Å². The van der Waals surface area contributed by atoms with Crippen LogP contribution in [0.4, 0.5) is 4.39 Å². The summed E-state index contributed by atoms with van der Waals surface area (Å²) in [6.45, 7) is 0. The van der Waals surface area contributed by atoms with Crippen molar-refractivity contribution >= 4 is 34.0 Å². The van der Waals surface area contributed by atoms with Crippen LogP contribution in [0.2, 0.25) is 0 Å². The number of nitrogens with two attached hydrogens (primary N) is 1. The molecule has 164 valence electrons. The van der Waals surface area contributed by atoms with Crippen LogP contribution in [0, 0.1) is 11.9 Å². The average molecular weight is 438 g/mol. The lowest BCUT2D eigenvalue weighted by Gasteiger charge is -2.31. The predicted octanol–water partition coefficient (Wildman–Crippen LogP) is 5.96. The summed E-state index contributed by atoms with van der Waals surface area (Å²) >= 11 is 0. The molecule has 3 N–H and O–H groups in total. The fourth-order valence-electron chi connectivity index (χ4n) is 4.45. The van der Waals surface area contributed by atoms with Gasteiger partial charge < -0.3 is 5.73 Å². The van der Waals surface area contributed by atoms with Gasteiger partial charge >= 0.3 is 0 Å². The maximum atomic E-state index is 14.4. The summed E-state index contributed by atoms with van der Waals surface area (Å²) in [5.41, 5.74) is 12.3. The molecule has 1 aromatic heterocycles. The highest BCUT2D eigenvalue weighted by Gasteiger charge is 2.27. The Bertz CT molecular complexity index is 1360. The van der Waals surface area contributed by atoms with Gasteiger partial charge in [-0.2, -0.15) is 9.49 Å². The molecule has 1 aliphatic carbocycles. The predicted molar refractivity (Wildman–Crippen MR) is 130 cm³/mol. The van der Waals surface area contributed by atoms with Crippen LogP contribution >= 0.6 is 0 Å². The molecule has 0 unspecified atom stereocenters. The molecular formula is C28H24FN3O. The van der Waals surface area contributed by atoms with Crippen LogP contribution in [0.15, 0.2) is 78.9 Å². The van der Waals surface area contributed by atoms with Crippen LogP contribution < -0.4 is 5.73 Å². The van der Waals surface area contributed by atoms with Gasteiger partial charge in [0, 0.05) is 6.08 Å². The fraction of sp³-hybridized carbons (Fsp3) is 0.143. The van der Waals surface area contributed by atoms with Crippen LogP contribution in [0.3, 0.4) is 0 Å². The third-order valence-electron chi connectivity index (χ3n) is 6.30. The Morgan fingerprint density at radius 2 is 1.70 bits per heavy atom. The molecule has 0 radical (unpaired) electrons. The third kappa shape index (κ3) is 4.22. The van der Waals surface area contributed by atoms with Crippen molar-refractivity contribution < 1.29 is 9.18 Å². The number of H-pyrrole nitrogens is 1. The molecule has 1 aliphatic rings. The van der Waals surface area contributed by atoms with E-state index in [0.717, 1.165) is 35.1 Å². The van der Waals surface area contributed by atoms with Gasteiger partial charge in [-0.3, -0.25) is 9.89 Å². The van der Waals surface area contributed by atoms with E-state index in [2.05, 4.69) is 34.5 Å². The summed E-state index contributed by atoms with van der Waals surface area (Å²) in [5, 5.41) is 6.96. The highest BCUT2D eigenvalue weighted by Crippen LogP contribution is 2.45. The lowest BCUT2D eigenvalue weighted by Crippen LogP contribution is -2.15. The SMILES string of the molecule is NC(=O)/C=C/c1ccc(/C(=C(\c2ccccc2)C2CCC2)c2ccc3n[nH]c(F)c3c2)cc1. The Labute approximate surface area is 191 Å². The second kappa shape index (κ2) is 8.87. The van der Waals surface area contributed by atoms with Crippen molar-refractivity contribution in [3.8, 4) is 0 Å². The van der Waals surface area contributed by atoms with Crippen molar-refractivity contribution in [2.45, 2.75) is 19.3 Å². The first-order chi connectivity index (χ1) is 16.1. The molecule has 4 nitrogen and oxygen atoms in total. The van der Waals surface area contributed by atoms with Gasteiger partial charge in [-0.1, -0.05) is 67.1 Å². The van der Waals surface area contributed by atoms with Crippen LogP contribution in [0.5, 0.6) is 0 Å². The number of halogens is 1. The van der Waals surface area contributed by atoms with E-state index in [1.807, 2.05) is 48.5 Å². The number of amides is 1. The van der Waals surface area contributed by atoms with Crippen molar-refractivity contribution in [3.05, 3.63) is 107 Å². The monoisotopic (exact) mass is 437 g/mol. The number of allylic oxidation sites excluding steroid dienone is 1. The minimum Gasteiger partial charge on any atom is -0.366 e. The molecule has 5 heteroatoms. The summed E-state index contributed by atoms with van der Waals surface area (Å²) < 4.78 is 14.4. The largest absolute Gasteiger partial charge is 0.366 e. The summed E-state index contributed by atoms with van der Waals surface area (Å²) in [6, 6.07) is 24.2. The van der Waals surface area contributed by atoms with E-state index in [-0.39, 0.29) is 0 Å². The normalized spacial score (nSPS) is 14.9. The van der Waals surface area contributed by atoms with Gasteiger partial charge in [-0.05, 0) is 70.4 Å². The van der Waals surface area contributed by atoms with Crippen LogP contribution in [-0.2, 0) is 4.79 Å². The van der Waals surface area contributed by atoms with Crippen molar-refractivity contribution in [1.29, 1.82) is 0 Å². The number of aromatic nitrogens is 2. The van der Waals surface area contributed by atoms with Crippen molar-refractivity contribution in [2.75, 3.05) is 0 Å². The van der Waals surface area contributed by atoms with E-state index in [1.54, 1.807) is 6.08 Å². The quantitative estimate of drug-likeness (QED) is 0.289. The van der Waals surface area contributed by atoms with E-state index >= 15 is 0 Å². The third-order valence-corrected chi connectivity index (χ3v) is 6.30. The standard InChI is InChI=1S/C28H24FN3O/c29-28-23-17-22(14-15-24(23)31-32-28)27(21-12-9-18(10-13-21)11-16-25(30)33)26(20-7-4-8-20)19-5-2-1-3-6-19/h1-3,5-6,9-17,20H,4,7-8H2,(H2,30,33)(H,31,32)/b16-11+,27-26-. The van der Waals surface area contributed by atoms with E-state index in [1.165, 1.54) is 23.6 Å².